The largest absolute Gasteiger partial charge is 0.497 e. The number of hydrogen-bond acceptors (Lipinski definition) is 3. The van der Waals surface area contributed by atoms with Crippen molar-refractivity contribution < 1.29 is 14.3 Å². The highest BCUT2D eigenvalue weighted by molar-refractivity contribution is 6.03. The normalized spacial score (nSPS) is 17.6. The summed E-state index contributed by atoms with van der Waals surface area (Å²) in [7, 11) is 1.62. The van der Waals surface area contributed by atoms with Gasteiger partial charge < -0.3 is 14.4 Å². The Kier molecular flexibility index (Phi) is 3.29. The van der Waals surface area contributed by atoms with E-state index in [0.29, 0.717) is 6.54 Å². The Morgan fingerprint density at radius 2 is 1.70 bits per heavy atom. The molecular weight excluding hydrogens is 254 g/mol. The fourth-order valence-electron chi connectivity index (χ4n) is 2.14. The number of carbonyl (C=O) groups excluding carboxylic acids is 1. The number of rotatable bonds is 4. The zero-order valence-electron chi connectivity index (χ0n) is 11.2. The van der Waals surface area contributed by atoms with Gasteiger partial charge >= 0.3 is 0 Å². The van der Waals surface area contributed by atoms with Crippen LogP contribution in [0.25, 0.3) is 0 Å². The van der Waals surface area contributed by atoms with Crippen molar-refractivity contribution in [3.63, 3.8) is 0 Å². The van der Waals surface area contributed by atoms with Gasteiger partial charge in [-0.25, -0.2) is 0 Å². The van der Waals surface area contributed by atoms with Crippen LogP contribution in [-0.4, -0.2) is 25.7 Å². The van der Waals surface area contributed by atoms with Crippen LogP contribution in [0, 0.1) is 0 Å². The third-order valence-corrected chi connectivity index (χ3v) is 3.30. The predicted octanol–water partition coefficient (Wildman–Crippen LogP) is 2.49. The highest BCUT2D eigenvalue weighted by Crippen LogP contribution is 2.26. The number of benzene rings is 2. The van der Waals surface area contributed by atoms with Crippen molar-refractivity contribution in [3.8, 4) is 11.5 Å². The van der Waals surface area contributed by atoms with Gasteiger partial charge in [-0.05, 0) is 36.4 Å². The third-order valence-electron chi connectivity index (χ3n) is 3.30. The Labute approximate surface area is 117 Å². The number of para-hydroxylation sites is 1. The van der Waals surface area contributed by atoms with E-state index in [2.05, 4.69) is 0 Å². The fourth-order valence-corrected chi connectivity index (χ4v) is 2.14. The summed E-state index contributed by atoms with van der Waals surface area (Å²) in [6, 6.07) is 16.8. The van der Waals surface area contributed by atoms with Gasteiger partial charge in [-0.15, -0.1) is 0 Å². The molecule has 0 bridgehead atoms. The minimum Gasteiger partial charge on any atom is -0.497 e. The molecule has 0 N–H and O–H groups in total. The summed E-state index contributed by atoms with van der Waals surface area (Å²) in [6.07, 6.45) is -0.389. The first-order chi connectivity index (χ1) is 9.78. The van der Waals surface area contributed by atoms with Crippen molar-refractivity contribution in [1.82, 2.24) is 0 Å². The molecule has 20 heavy (non-hydrogen) atoms. The maximum Gasteiger partial charge on any atom is 0.270 e. The highest BCUT2D eigenvalue weighted by atomic mass is 16.5. The second kappa shape index (κ2) is 5.25. The first-order valence-electron chi connectivity index (χ1n) is 6.45. The van der Waals surface area contributed by atoms with Crippen molar-refractivity contribution >= 4 is 11.6 Å². The monoisotopic (exact) mass is 269 g/mol. The Morgan fingerprint density at radius 1 is 1.00 bits per heavy atom. The molecule has 1 aliphatic heterocycles. The molecule has 4 heteroatoms. The molecule has 3 rings (SSSR count). The van der Waals surface area contributed by atoms with Gasteiger partial charge in [0.2, 0.25) is 0 Å². The smallest absolute Gasteiger partial charge is 0.270 e. The van der Waals surface area contributed by atoms with Crippen molar-refractivity contribution in [2.45, 2.75) is 6.10 Å². The zero-order valence-corrected chi connectivity index (χ0v) is 11.2. The minimum absolute atomic E-state index is 0.0148. The summed E-state index contributed by atoms with van der Waals surface area (Å²) < 4.78 is 10.7. The van der Waals surface area contributed by atoms with Gasteiger partial charge in [0, 0.05) is 5.69 Å². The molecule has 0 aliphatic carbocycles. The van der Waals surface area contributed by atoms with Crippen LogP contribution in [0.4, 0.5) is 5.69 Å². The number of amides is 1. The van der Waals surface area contributed by atoms with Gasteiger partial charge in [0.15, 0.2) is 6.10 Å². The molecule has 1 unspecified atom stereocenters. The summed E-state index contributed by atoms with van der Waals surface area (Å²) in [6.45, 7) is 0.570. The first-order valence-corrected chi connectivity index (χ1v) is 6.45. The molecule has 1 heterocycles. The molecular formula is C16H15NO3. The molecule has 0 saturated carbocycles. The van der Waals surface area contributed by atoms with Gasteiger partial charge in [0.25, 0.3) is 5.91 Å². The van der Waals surface area contributed by atoms with E-state index < -0.39 is 0 Å². The predicted molar refractivity (Wildman–Crippen MR) is 76.2 cm³/mol. The molecule has 1 saturated heterocycles. The summed E-state index contributed by atoms with van der Waals surface area (Å²) in [4.78, 5) is 13.8. The first kappa shape index (κ1) is 12.5. The molecule has 0 radical (unpaired) electrons. The molecule has 1 atom stereocenters. The van der Waals surface area contributed by atoms with Crippen molar-refractivity contribution in [2.75, 3.05) is 18.6 Å². The van der Waals surface area contributed by atoms with Crippen LogP contribution in [0.15, 0.2) is 54.6 Å². The minimum atomic E-state index is -0.389. The summed E-state index contributed by atoms with van der Waals surface area (Å²) in [5.74, 6) is 1.48. The van der Waals surface area contributed by atoms with Crippen molar-refractivity contribution in [2.24, 2.45) is 0 Å². The van der Waals surface area contributed by atoms with Crippen LogP contribution >= 0.6 is 0 Å². The number of nitrogens with zero attached hydrogens (tertiary/aromatic N) is 1. The standard InChI is InChI=1S/C16H15NO3/c1-19-13-9-7-12(8-10-13)17-11-15(16(17)18)20-14-5-3-2-4-6-14/h2-10,15H,11H2,1H3. The molecule has 1 amide bonds. The highest BCUT2D eigenvalue weighted by Gasteiger charge is 2.39. The molecule has 2 aromatic carbocycles. The molecule has 0 spiro atoms. The molecule has 102 valence electrons. The van der Waals surface area contributed by atoms with E-state index in [9.17, 15) is 4.79 Å². The van der Waals surface area contributed by atoms with Crippen molar-refractivity contribution in [1.29, 1.82) is 0 Å². The third kappa shape index (κ3) is 2.32. The molecule has 1 fully saturated rings. The second-order valence-corrected chi connectivity index (χ2v) is 4.57. The lowest BCUT2D eigenvalue weighted by atomic mass is 10.1. The van der Waals surface area contributed by atoms with Crippen LogP contribution in [0.2, 0.25) is 0 Å². The maximum atomic E-state index is 12.1. The summed E-state index contributed by atoms with van der Waals surface area (Å²) in [5.41, 5.74) is 0.865. The number of β-lactam (4-membered cyclic amide) rings is 1. The van der Waals surface area contributed by atoms with Crippen LogP contribution < -0.4 is 14.4 Å². The van der Waals surface area contributed by atoms with Crippen LogP contribution in [0.5, 0.6) is 11.5 Å². The van der Waals surface area contributed by atoms with Gasteiger partial charge in [0.05, 0.1) is 13.7 Å². The summed E-state index contributed by atoms with van der Waals surface area (Å²) in [5, 5.41) is 0. The maximum absolute atomic E-state index is 12.1. The molecule has 1 aliphatic rings. The van der Waals surface area contributed by atoms with Gasteiger partial charge in [-0.1, -0.05) is 18.2 Å². The van der Waals surface area contributed by atoms with Crippen LogP contribution in [0.1, 0.15) is 0 Å². The lowest BCUT2D eigenvalue weighted by Gasteiger charge is -2.38. The van der Waals surface area contributed by atoms with Crippen LogP contribution in [-0.2, 0) is 4.79 Å². The zero-order chi connectivity index (χ0) is 13.9. The van der Waals surface area contributed by atoms with E-state index in [1.165, 1.54) is 0 Å². The van der Waals surface area contributed by atoms with Gasteiger partial charge in [-0.3, -0.25) is 4.79 Å². The number of hydrogen-bond donors (Lipinski definition) is 0. The second-order valence-electron chi connectivity index (χ2n) is 4.57. The van der Waals surface area contributed by atoms with Crippen molar-refractivity contribution in [3.05, 3.63) is 54.6 Å². The quantitative estimate of drug-likeness (QED) is 0.800. The number of ether oxygens (including phenoxy) is 2. The fraction of sp³-hybridized carbons (Fsp3) is 0.188. The lowest BCUT2D eigenvalue weighted by Crippen LogP contribution is -2.59. The SMILES string of the molecule is COc1ccc(N2CC(Oc3ccccc3)C2=O)cc1. The average Bonchev–Trinajstić information content (AvgIpc) is 2.52. The molecule has 0 aromatic heterocycles. The Bertz CT molecular complexity index is 595. The number of anilines is 1. The Balaban J connectivity index is 1.64. The average molecular weight is 269 g/mol. The number of methoxy groups -OCH3 is 1. The van der Waals surface area contributed by atoms with E-state index in [0.717, 1.165) is 17.2 Å². The van der Waals surface area contributed by atoms with E-state index in [1.54, 1.807) is 12.0 Å². The Morgan fingerprint density at radius 3 is 2.30 bits per heavy atom. The van der Waals surface area contributed by atoms with E-state index in [-0.39, 0.29) is 12.0 Å². The van der Waals surface area contributed by atoms with Crippen LogP contribution in [0.3, 0.4) is 0 Å². The van der Waals surface area contributed by atoms with E-state index in [1.807, 2.05) is 54.6 Å². The Hall–Kier alpha value is -2.49. The number of carbonyl (C=O) groups is 1. The lowest BCUT2D eigenvalue weighted by molar-refractivity contribution is -0.130. The van der Waals surface area contributed by atoms with E-state index >= 15 is 0 Å². The molecule has 4 nitrogen and oxygen atoms in total. The van der Waals surface area contributed by atoms with Gasteiger partial charge in [0.1, 0.15) is 11.5 Å². The van der Waals surface area contributed by atoms with Gasteiger partial charge in [-0.2, -0.15) is 0 Å². The topological polar surface area (TPSA) is 38.8 Å². The molecule has 2 aromatic rings. The van der Waals surface area contributed by atoms with E-state index in [4.69, 9.17) is 9.47 Å². The summed E-state index contributed by atoms with van der Waals surface area (Å²) >= 11 is 0.